The summed E-state index contributed by atoms with van der Waals surface area (Å²) >= 11 is 0. The van der Waals surface area contributed by atoms with Crippen molar-refractivity contribution < 1.29 is 15.0 Å². The first-order valence-corrected chi connectivity index (χ1v) is 4.21. The van der Waals surface area contributed by atoms with Crippen LogP contribution in [0.4, 0.5) is 0 Å². The van der Waals surface area contributed by atoms with Gasteiger partial charge in [-0.2, -0.15) is 0 Å². The summed E-state index contributed by atoms with van der Waals surface area (Å²) < 4.78 is 0. The topological polar surface area (TPSA) is 57.5 Å². The van der Waals surface area contributed by atoms with Gasteiger partial charge in [-0.3, -0.25) is 4.79 Å². The van der Waals surface area contributed by atoms with Crippen LogP contribution in [0.1, 0.15) is 40.0 Å². The molecule has 0 spiro atoms. The number of rotatable bonds is 4. The quantitative estimate of drug-likeness (QED) is 0.681. The van der Waals surface area contributed by atoms with Gasteiger partial charge in [0.1, 0.15) is 0 Å². The van der Waals surface area contributed by atoms with E-state index in [9.17, 15) is 9.90 Å². The van der Waals surface area contributed by atoms with Gasteiger partial charge in [0.15, 0.2) is 0 Å². The summed E-state index contributed by atoms with van der Waals surface area (Å²) in [4.78, 5) is 10.2. The molecule has 0 saturated heterocycles. The van der Waals surface area contributed by atoms with E-state index in [1.165, 1.54) is 0 Å². The van der Waals surface area contributed by atoms with Crippen LogP contribution in [0.15, 0.2) is 0 Å². The van der Waals surface area contributed by atoms with E-state index in [0.717, 1.165) is 0 Å². The molecule has 12 heavy (non-hydrogen) atoms. The minimum atomic E-state index is -0.844. The number of aliphatic carboxylic acids is 1. The highest BCUT2D eigenvalue weighted by molar-refractivity contribution is 5.66. The number of hydrogen-bond acceptors (Lipinski definition) is 2. The first kappa shape index (κ1) is 11.4. The summed E-state index contributed by atoms with van der Waals surface area (Å²) in [6.45, 7) is 6.07. The molecule has 0 aliphatic carbocycles. The molecule has 3 nitrogen and oxygen atoms in total. The monoisotopic (exact) mass is 174 g/mol. The molecule has 3 heteroatoms. The summed E-state index contributed by atoms with van der Waals surface area (Å²) in [5.74, 6) is -0.844. The Morgan fingerprint density at radius 2 is 1.92 bits per heavy atom. The molecule has 0 radical (unpaired) electrons. The van der Waals surface area contributed by atoms with Crippen molar-refractivity contribution >= 4 is 5.97 Å². The number of carboxylic acid groups (broad SMARTS) is 1. The minimum Gasteiger partial charge on any atom is -0.481 e. The Morgan fingerprint density at radius 1 is 1.42 bits per heavy atom. The summed E-state index contributed by atoms with van der Waals surface area (Å²) in [6, 6.07) is 0. The summed E-state index contributed by atoms with van der Waals surface area (Å²) in [5.41, 5.74) is 0.0674. The normalized spacial score (nSPS) is 14.3. The van der Waals surface area contributed by atoms with Crippen molar-refractivity contribution in [3.05, 3.63) is 0 Å². The maximum Gasteiger partial charge on any atom is 0.303 e. The van der Waals surface area contributed by atoms with Crippen LogP contribution in [0.2, 0.25) is 0 Å². The molecule has 0 amide bonds. The molecule has 2 N–H and O–H groups in total. The Kier molecular flexibility index (Phi) is 4.24. The minimum absolute atomic E-state index is 0.0528. The predicted molar refractivity (Wildman–Crippen MR) is 46.9 cm³/mol. The average Bonchev–Trinajstić information content (AvgIpc) is 1.79. The number of carbonyl (C=O) groups is 1. The third kappa shape index (κ3) is 7.54. The van der Waals surface area contributed by atoms with Crippen LogP contribution < -0.4 is 0 Å². The maximum absolute atomic E-state index is 10.2. The third-order valence-corrected chi connectivity index (χ3v) is 1.54. The molecule has 72 valence electrons. The van der Waals surface area contributed by atoms with E-state index >= 15 is 0 Å². The molecule has 0 aliphatic heterocycles. The SMILES string of the molecule is CC(C)(C)CC(O)CCC(=O)O. The van der Waals surface area contributed by atoms with Crippen molar-refractivity contribution in [3.63, 3.8) is 0 Å². The van der Waals surface area contributed by atoms with Crippen molar-refractivity contribution in [2.45, 2.75) is 46.1 Å². The Balaban J connectivity index is 3.60. The van der Waals surface area contributed by atoms with E-state index in [-0.39, 0.29) is 11.8 Å². The molecular weight excluding hydrogens is 156 g/mol. The number of carboxylic acids is 1. The van der Waals surface area contributed by atoms with E-state index in [4.69, 9.17) is 5.11 Å². The first-order chi connectivity index (χ1) is 5.31. The van der Waals surface area contributed by atoms with E-state index in [1.54, 1.807) is 0 Å². The van der Waals surface area contributed by atoms with Gasteiger partial charge in [0.25, 0.3) is 0 Å². The molecule has 1 atom stereocenters. The lowest BCUT2D eigenvalue weighted by atomic mass is 9.88. The second-order valence-corrected chi connectivity index (χ2v) is 4.35. The molecule has 1 unspecified atom stereocenters. The van der Waals surface area contributed by atoms with Crippen LogP contribution in [-0.2, 0) is 4.79 Å². The molecule has 0 aliphatic rings. The van der Waals surface area contributed by atoms with Crippen LogP contribution in [-0.4, -0.2) is 22.3 Å². The highest BCUT2D eigenvalue weighted by Gasteiger charge is 2.16. The highest BCUT2D eigenvalue weighted by atomic mass is 16.4. The van der Waals surface area contributed by atoms with Gasteiger partial charge in [-0.05, 0) is 18.3 Å². The summed E-state index contributed by atoms with van der Waals surface area (Å²) in [5, 5.41) is 17.7. The number of hydrogen-bond donors (Lipinski definition) is 2. The average molecular weight is 174 g/mol. The Labute approximate surface area is 73.4 Å². The zero-order valence-electron chi connectivity index (χ0n) is 8.00. The van der Waals surface area contributed by atoms with Crippen LogP contribution >= 0.6 is 0 Å². The van der Waals surface area contributed by atoms with E-state index in [0.29, 0.717) is 12.8 Å². The number of aliphatic hydroxyl groups excluding tert-OH is 1. The second-order valence-electron chi connectivity index (χ2n) is 4.35. The fourth-order valence-electron chi connectivity index (χ4n) is 1.10. The van der Waals surface area contributed by atoms with Crippen LogP contribution in [0, 0.1) is 5.41 Å². The molecule has 0 rings (SSSR count). The maximum atomic E-state index is 10.2. The van der Waals surface area contributed by atoms with Crippen LogP contribution in [0.5, 0.6) is 0 Å². The standard InChI is InChI=1S/C9H18O3/c1-9(2,3)6-7(10)4-5-8(11)12/h7,10H,4-6H2,1-3H3,(H,11,12). The molecule has 0 aromatic rings. The van der Waals surface area contributed by atoms with Crippen LogP contribution in [0.3, 0.4) is 0 Å². The molecule has 0 bridgehead atoms. The Bertz CT molecular complexity index is 146. The van der Waals surface area contributed by atoms with Gasteiger partial charge in [0, 0.05) is 6.42 Å². The zero-order chi connectivity index (χ0) is 9.78. The molecule has 0 aromatic carbocycles. The van der Waals surface area contributed by atoms with Gasteiger partial charge in [-0.25, -0.2) is 0 Å². The van der Waals surface area contributed by atoms with Gasteiger partial charge >= 0.3 is 5.97 Å². The molecular formula is C9H18O3. The zero-order valence-corrected chi connectivity index (χ0v) is 8.00. The van der Waals surface area contributed by atoms with Crippen molar-refractivity contribution in [2.24, 2.45) is 5.41 Å². The lowest BCUT2D eigenvalue weighted by molar-refractivity contribution is -0.137. The molecule has 0 heterocycles. The van der Waals surface area contributed by atoms with Gasteiger partial charge in [0.2, 0.25) is 0 Å². The van der Waals surface area contributed by atoms with E-state index < -0.39 is 12.1 Å². The molecule has 0 aromatic heterocycles. The van der Waals surface area contributed by atoms with Crippen molar-refractivity contribution in [2.75, 3.05) is 0 Å². The fourth-order valence-corrected chi connectivity index (χ4v) is 1.10. The fraction of sp³-hybridized carbons (Fsp3) is 0.889. The second kappa shape index (κ2) is 4.45. The summed E-state index contributed by atoms with van der Waals surface area (Å²) in [7, 11) is 0. The van der Waals surface area contributed by atoms with Crippen molar-refractivity contribution in [1.82, 2.24) is 0 Å². The van der Waals surface area contributed by atoms with Crippen LogP contribution in [0.25, 0.3) is 0 Å². The number of aliphatic hydroxyl groups is 1. The molecule has 0 saturated carbocycles. The lowest BCUT2D eigenvalue weighted by Gasteiger charge is -2.21. The third-order valence-electron chi connectivity index (χ3n) is 1.54. The largest absolute Gasteiger partial charge is 0.481 e. The van der Waals surface area contributed by atoms with Gasteiger partial charge < -0.3 is 10.2 Å². The molecule has 0 fully saturated rings. The van der Waals surface area contributed by atoms with Gasteiger partial charge in [0.05, 0.1) is 6.10 Å². The van der Waals surface area contributed by atoms with E-state index in [1.807, 2.05) is 20.8 Å². The van der Waals surface area contributed by atoms with Crippen molar-refractivity contribution in [3.8, 4) is 0 Å². The lowest BCUT2D eigenvalue weighted by Crippen LogP contribution is -2.18. The summed E-state index contributed by atoms with van der Waals surface area (Å²) in [6.07, 6.45) is 0.575. The van der Waals surface area contributed by atoms with Crippen molar-refractivity contribution in [1.29, 1.82) is 0 Å². The first-order valence-electron chi connectivity index (χ1n) is 4.21. The van der Waals surface area contributed by atoms with Gasteiger partial charge in [-0.15, -0.1) is 0 Å². The highest BCUT2D eigenvalue weighted by Crippen LogP contribution is 2.22. The smallest absolute Gasteiger partial charge is 0.303 e. The Morgan fingerprint density at radius 3 is 2.25 bits per heavy atom. The Hall–Kier alpha value is -0.570. The van der Waals surface area contributed by atoms with Gasteiger partial charge in [-0.1, -0.05) is 20.8 Å². The predicted octanol–water partition coefficient (Wildman–Crippen LogP) is 1.65. The van der Waals surface area contributed by atoms with E-state index in [2.05, 4.69) is 0 Å².